The van der Waals surface area contributed by atoms with Gasteiger partial charge in [0.05, 0.1) is 5.75 Å². The van der Waals surface area contributed by atoms with E-state index in [-0.39, 0.29) is 17.6 Å². The lowest BCUT2D eigenvalue weighted by molar-refractivity contribution is -0.113. The Morgan fingerprint density at radius 2 is 1.96 bits per heavy atom. The summed E-state index contributed by atoms with van der Waals surface area (Å²) in [6, 6.07) is 10.2. The maximum absolute atomic E-state index is 12.2. The van der Waals surface area contributed by atoms with Crippen LogP contribution in [0.1, 0.15) is 10.4 Å². The van der Waals surface area contributed by atoms with Crippen LogP contribution in [-0.4, -0.2) is 44.5 Å². The summed E-state index contributed by atoms with van der Waals surface area (Å²) in [6.45, 7) is 0. The number of carbonyl (C=O) groups is 2. The third-order valence-electron chi connectivity index (χ3n) is 3.57. The van der Waals surface area contributed by atoms with E-state index in [9.17, 15) is 9.59 Å². The van der Waals surface area contributed by atoms with Gasteiger partial charge >= 0.3 is 0 Å². The number of aromatic nitrogens is 4. The first-order chi connectivity index (χ1) is 13.1. The molecule has 0 aliphatic rings. The molecular formula is C17H17N7O2S. The van der Waals surface area contributed by atoms with Gasteiger partial charge in [0.2, 0.25) is 11.1 Å². The van der Waals surface area contributed by atoms with Crippen molar-refractivity contribution in [1.29, 1.82) is 0 Å². The summed E-state index contributed by atoms with van der Waals surface area (Å²) in [5.74, 6) is 6.13. The topological polar surface area (TPSA) is 128 Å². The smallest absolute Gasteiger partial charge is 0.251 e. The molecule has 27 heavy (non-hydrogen) atoms. The Morgan fingerprint density at radius 3 is 2.70 bits per heavy atom. The Bertz CT molecular complexity index is 959. The average molecular weight is 383 g/mol. The molecule has 2 aromatic heterocycles. The molecule has 2 heterocycles. The van der Waals surface area contributed by atoms with E-state index >= 15 is 0 Å². The summed E-state index contributed by atoms with van der Waals surface area (Å²) >= 11 is 1.16. The van der Waals surface area contributed by atoms with E-state index in [4.69, 9.17) is 5.84 Å². The van der Waals surface area contributed by atoms with Gasteiger partial charge in [-0.1, -0.05) is 17.8 Å². The number of nitrogens with two attached hydrogens (primary N) is 1. The molecule has 0 bridgehead atoms. The van der Waals surface area contributed by atoms with E-state index in [1.807, 2.05) is 0 Å². The molecule has 0 aliphatic carbocycles. The van der Waals surface area contributed by atoms with Crippen LogP contribution in [0.4, 0.5) is 5.69 Å². The summed E-state index contributed by atoms with van der Waals surface area (Å²) in [5, 5.41) is 13.8. The first-order valence-electron chi connectivity index (χ1n) is 7.94. The number of nitrogens with one attached hydrogen (secondary N) is 2. The van der Waals surface area contributed by atoms with E-state index in [1.54, 1.807) is 55.8 Å². The normalized spacial score (nSPS) is 10.4. The Labute approximate surface area is 159 Å². The minimum Gasteiger partial charge on any atom is -0.355 e. The number of carbonyl (C=O) groups excluding carboxylic acids is 2. The monoisotopic (exact) mass is 383 g/mol. The Balaban J connectivity index is 1.62. The Morgan fingerprint density at radius 1 is 1.19 bits per heavy atom. The first kappa shape index (κ1) is 18.4. The molecular weight excluding hydrogens is 366 g/mol. The second kappa shape index (κ2) is 8.32. The van der Waals surface area contributed by atoms with Crippen LogP contribution in [0.2, 0.25) is 0 Å². The summed E-state index contributed by atoms with van der Waals surface area (Å²) < 4.78 is 1.33. The molecule has 1 aromatic carbocycles. The average Bonchev–Trinajstić information content (AvgIpc) is 3.07. The van der Waals surface area contributed by atoms with Crippen molar-refractivity contribution >= 4 is 29.3 Å². The molecule has 0 fully saturated rings. The summed E-state index contributed by atoms with van der Waals surface area (Å²) in [6.07, 6.45) is 3.27. The van der Waals surface area contributed by atoms with Crippen molar-refractivity contribution in [2.24, 2.45) is 0 Å². The van der Waals surface area contributed by atoms with Gasteiger partial charge < -0.3 is 16.5 Å². The number of rotatable bonds is 6. The summed E-state index contributed by atoms with van der Waals surface area (Å²) in [4.78, 5) is 27.8. The molecule has 4 N–H and O–H groups in total. The predicted molar refractivity (Wildman–Crippen MR) is 103 cm³/mol. The van der Waals surface area contributed by atoms with Gasteiger partial charge in [-0.2, -0.15) is 0 Å². The molecule has 3 rings (SSSR count). The minimum absolute atomic E-state index is 0.0931. The van der Waals surface area contributed by atoms with Gasteiger partial charge in [-0.3, -0.25) is 14.6 Å². The van der Waals surface area contributed by atoms with Gasteiger partial charge in [-0.05, 0) is 30.3 Å². The molecule has 2 amide bonds. The number of anilines is 1. The Kier molecular flexibility index (Phi) is 5.67. The molecule has 9 nitrogen and oxygen atoms in total. The second-order valence-corrected chi connectivity index (χ2v) is 6.35. The first-order valence-corrected chi connectivity index (χ1v) is 8.92. The van der Waals surface area contributed by atoms with Crippen LogP contribution in [0, 0.1) is 0 Å². The molecule has 138 valence electrons. The number of hydrogen-bond acceptors (Lipinski definition) is 7. The summed E-state index contributed by atoms with van der Waals surface area (Å²) in [7, 11) is 1.55. The van der Waals surface area contributed by atoms with Crippen molar-refractivity contribution in [3.63, 3.8) is 0 Å². The lowest BCUT2D eigenvalue weighted by atomic mass is 10.2. The van der Waals surface area contributed by atoms with Crippen LogP contribution in [0.3, 0.4) is 0 Å². The fourth-order valence-corrected chi connectivity index (χ4v) is 2.94. The number of amides is 2. The van der Waals surface area contributed by atoms with Crippen molar-refractivity contribution in [2.75, 3.05) is 24.0 Å². The molecule has 10 heteroatoms. The molecule has 0 spiro atoms. The van der Waals surface area contributed by atoms with Crippen LogP contribution in [0.25, 0.3) is 11.4 Å². The second-order valence-electron chi connectivity index (χ2n) is 5.41. The molecule has 3 aromatic rings. The summed E-state index contributed by atoms with van der Waals surface area (Å²) in [5.41, 5.74) is 1.78. The molecule has 0 aliphatic heterocycles. The van der Waals surface area contributed by atoms with E-state index in [0.717, 1.165) is 17.3 Å². The molecule has 0 atom stereocenters. The van der Waals surface area contributed by atoms with Crippen molar-refractivity contribution in [1.82, 2.24) is 25.2 Å². The quantitative estimate of drug-likeness (QED) is 0.430. The maximum atomic E-state index is 12.2. The van der Waals surface area contributed by atoms with Gasteiger partial charge in [-0.15, -0.1) is 10.2 Å². The number of nitrogens with zero attached hydrogens (tertiary/aromatic N) is 4. The van der Waals surface area contributed by atoms with Gasteiger partial charge in [0.25, 0.3) is 5.91 Å². The number of nitrogen functional groups attached to an aromatic ring is 1. The van der Waals surface area contributed by atoms with Crippen LogP contribution >= 0.6 is 11.8 Å². The maximum Gasteiger partial charge on any atom is 0.251 e. The fourth-order valence-electron chi connectivity index (χ4n) is 2.28. The number of benzene rings is 1. The standard InChI is InChI=1S/C17H17N7O2S/c1-19-16(26)12-3-2-4-13(9-12)21-14(25)10-27-17-23-22-15(24(17)18)11-5-7-20-8-6-11/h2-9H,10,18H2,1H3,(H,19,26)(H,21,25). The van der Waals surface area contributed by atoms with Crippen molar-refractivity contribution in [3.05, 3.63) is 54.4 Å². The lowest BCUT2D eigenvalue weighted by Crippen LogP contribution is -2.19. The van der Waals surface area contributed by atoms with E-state index in [2.05, 4.69) is 25.8 Å². The van der Waals surface area contributed by atoms with Gasteiger partial charge in [-0.25, -0.2) is 4.68 Å². The highest BCUT2D eigenvalue weighted by Crippen LogP contribution is 2.21. The lowest BCUT2D eigenvalue weighted by Gasteiger charge is -2.07. The van der Waals surface area contributed by atoms with E-state index < -0.39 is 0 Å². The molecule has 0 saturated heterocycles. The number of hydrogen-bond donors (Lipinski definition) is 3. The highest BCUT2D eigenvalue weighted by molar-refractivity contribution is 7.99. The molecule has 0 radical (unpaired) electrons. The largest absolute Gasteiger partial charge is 0.355 e. The van der Waals surface area contributed by atoms with Gasteiger partial charge in [0.15, 0.2) is 5.82 Å². The zero-order valence-electron chi connectivity index (χ0n) is 14.4. The minimum atomic E-state index is -0.248. The van der Waals surface area contributed by atoms with Gasteiger partial charge in [0, 0.05) is 36.3 Å². The fraction of sp³-hybridized carbons (Fsp3) is 0.118. The van der Waals surface area contributed by atoms with Crippen molar-refractivity contribution in [2.45, 2.75) is 5.16 Å². The van der Waals surface area contributed by atoms with Crippen molar-refractivity contribution < 1.29 is 9.59 Å². The molecule has 0 saturated carbocycles. The zero-order valence-corrected chi connectivity index (χ0v) is 15.2. The van der Waals surface area contributed by atoms with Crippen molar-refractivity contribution in [3.8, 4) is 11.4 Å². The third-order valence-corrected chi connectivity index (χ3v) is 4.51. The highest BCUT2D eigenvalue weighted by atomic mass is 32.2. The van der Waals surface area contributed by atoms with Crippen LogP contribution in [0.5, 0.6) is 0 Å². The third kappa shape index (κ3) is 4.42. The highest BCUT2D eigenvalue weighted by Gasteiger charge is 2.14. The van der Waals surface area contributed by atoms with Crippen LogP contribution < -0.4 is 16.5 Å². The predicted octanol–water partition coefficient (Wildman–Crippen LogP) is 1.14. The van der Waals surface area contributed by atoms with Crippen LogP contribution in [0.15, 0.2) is 53.9 Å². The SMILES string of the molecule is CNC(=O)c1cccc(NC(=O)CSc2nnc(-c3ccncc3)n2N)c1. The van der Waals surface area contributed by atoms with E-state index in [1.165, 1.54) is 4.68 Å². The number of thioether (sulfide) groups is 1. The molecule has 0 unspecified atom stereocenters. The van der Waals surface area contributed by atoms with Gasteiger partial charge in [0.1, 0.15) is 0 Å². The van der Waals surface area contributed by atoms with Crippen LogP contribution in [-0.2, 0) is 4.79 Å². The van der Waals surface area contributed by atoms with E-state index in [0.29, 0.717) is 22.2 Å². The number of pyridine rings is 1. The zero-order chi connectivity index (χ0) is 19.2. The Hall–Kier alpha value is -3.40.